The molecule has 4 aromatic rings. The van der Waals surface area contributed by atoms with Gasteiger partial charge in [0.05, 0.1) is 75.7 Å². The van der Waals surface area contributed by atoms with E-state index in [1.165, 1.54) is 14.2 Å². The van der Waals surface area contributed by atoms with Crippen LogP contribution in [0.3, 0.4) is 0 Å². The molecule has 0 aromatic heterocycles. The van der Waals surface area contributed by atoms with E-state index in [1.54, 1.807) is 65.7 Å². The molecule has 8 rings (SSSR count). The van der Waals surface area contributed by atoms with Crippen molar-refractivity contribution in [3.8, 4) is 28.7 Å². The maximum Gasteiger partial charge on any atom is 0.260 e. The molecule has 15 heteroatoms. The fourth-order valence-corrected chi connectivity index (χ4v) is 7.48. The number of carbonyl (C=O) groups excluding carboxylic acids is 4. The van der Waals surface area contributed by atoms with Crippen LogP contribution in [-0.2, 0) is 9.59 Å². The molecule has 2 unspecified atom stereocenters. The largest absolute Gasteiger partial charge is 0.497 e. The summed E-state index contributed by atoms with van der Waals surface area (Å²) in [7, 11) is 4.67. The maximum atomic E-state index is 13.8. The fourth-order valence-electron chi connectivity index (χ4n) is 7.48. The fraction of sp³-hybridized carbons (Fsp3) is 0.244. The molecule has 0 bridgehead atoms. The number of benzene rings is 4. The first-order valence-electron chi connectivity index (χ1n) is 19.3. The van der Waals surface area contributed by atoms with Crippen molar-refractivity contribution >= 4 is 64.8 Å². The van der Waals surface area contributed by atoms with Crippen LogP contribution in [0.4, 0.5) is 17.1 Å². The number of rotatable bonds is 15. The normalized spacial score (nSPS) is 17.2. The van der Waals surface area contributed by atoms with Crippen LogP contribution < -0.4 is 34.3 Å². The maximum absolute atomic E-state index is 13.8. The minimum atomic E-state index is -0.337. The number of fused-ring (bicyclic) bond motifs is 4. The number of carbonyl (C=O) groups is 4. The van der Waals surface area contributed by atoms with Gasteiger partial charge in [-0.15, -0.1) is 0 Å². The molecule has 0 saturated heterocycles. The average Bonchev–Trinajstić information content (AvgIpc) is 3.85. The highest BCUT2D eigenvalue weighted by Gasteiger charge is 2.35. The second-order valence-corrected chi connectivity index (χ2v) is 14.3. The van der Waals surface area contributed by atoms with Gasteiger partial charge in [-0.2, -0.15) is 0 Å². The third kappa shape index (κ3) is 8.01. The van der Waals surface area contributed by atoms with E-state index in [2.05, 4.69) is 15.6 Å². The van der Waals surface area contributed by atoms with Gasteiger partial charge in [0.1, 0.15) is 5.75 Å². The van der Waals surface area contributed by atoms with E-state index in [0.29, 0.717) is 76.9 Å². The van der Waals surface area contributed by atoms with Crippen LogP contribution in [-0.4, -0.2) is 99.5 Å². The number of nitrogens with zero attached hydrogens (tertiary/aromatic N) is 4. The molecule has 15 nitrogen and oxygen atoms in total. The summed E-state index contributed by atoms with van der Waals surface area (Å²) in [6.45, 7) is 0.432. The molecule has 4 heterocycles. The molecule has 4 aromatic carbocycles. The molecule has 0 saturated carbocycles. The monoisotopic (exact) mass is 810 g/mol. The quantitative estimate of drug-likeness (QED) is 0.105. The van der Waals surface area contributed by atoms with Crippen molar-refractivity contribution in [1.82, 2.24) is 15.1 Å². The molecule has 60 heavy (non-hydrogen) atoms. The highest BCUT2D eigenvalue weighted by molar-refractivity contribution is 6.06. The van der Waals surface area contributed by atoms with Gasteiger partial charge < -0.3 is 44.1 Å². The highest BCUT2D eigenvalue weighted by Crippen LogP contribution is 2.42. The lowest BCUT2D eigenvalue weighted by atomic mass is 10.0. The lowest BCUT2D eigenvalue weighted by Gasteiger charge is -2.19. The Labute approximate surface area is 345 Å². The van der Waals surface area contributed by atoms with Crippen molar-refractivity contribution in [2.45, 2.75) is 31.3 Å². The summed E-state index contributed by atoms with van der Waals surface area (Å²) < 4.78 is 28.8. The standard InChI is InChI=1S/C45H42N6O9/c1-56-34-11-7-28(8-12-34)30-16-33-22-48-38-20-42(40(58-3)18-36(38)45(55)51(33)25-30)60-14-4-13-59-41-19-37-35(17-39(41)57-2)44(54)50-24-29(15-32(50)21-47-37)27-5-9-31(10-6-27)49-43(53)23-46-26-52/h5-12,17-22,24-26,32-33H,4,13-16,23H2,1-3H3,(H,46,52)(H,49,53). The van der Waals surface area contributed by atoms with Crippen molar-refractivity contribution in [1.29, 1.82) is 0 Å². The van der Waals surface area contributed by atoms with Gasteiger partial charge >= 0.3 is 0 Å². The minimum absolute atomic E-state index is 0.120. The molecule has 4 amide bonds. The summed E-state index contributed by atoms with van der Waals surface area (Å²) >= 11 is 0. The zero-order valence-electron chi connectivity index (χ0n) is 33.2. The Hall–Kier alpha value is -7.42. The summed E-state index contributed by atoms with van der Waals surface area (Å²) in [6, 6.07) is 21.3. The summed E-state index contributed by atoms with van der Waals surface area (Å²) in [5, 5.41) is 5.05. The molecular weight excluding hydrogens is 769 g/mol. The van der Waals surface area contributed by atoms with Crippen molar-refractivity contribution in [2.24, 2.45) is 9.98 Å². The van der Waals surface area contributed by atoms with Crippen LogP contribution in [0.25, 0.3) is 11.1 Å². The van der Waals surface area contributed by atoms with Crippen LogP contribution in [0.5, 0.6) is 28.7 Å². The number of nitrogens with one attached hydrogen (secondary N) is 2. The molecule has 0 spiro atoms. The van der Waals surface area contributed by atoms with Gasteiger partial charge in [-0.3, -0.25) is 29.2 Å². The number of hydrogen-bond donors (Lipinski definition) is 2. The molecule has 2 N–H and O–H groups in total. The highest BCUT2D eigenvalue weighted by atomic mass is 16.5. The molecule has 2 atom stereocenters. The van der Waals surface area contributed by atoms with Crippen LogP contribution in [0, 0.1) is 0 Å². The van der Waals surface area contributed by atoms with Gasteiger partial charge in [0.2, 0.25) is 12.3 Å². The average molecular weight is 811 g/mol. The number of methoxy groups -OCH3 is 3. The van der Waals surface area contributed by atoms with Gasteiger partial charge in [0.25, 0.3) is 11.8 Å². The Kier molecular flexibility index (Phi) is 11.3. The van der Waals surface area contributed by atoms with Crippen LogP contribution in [0.15, 0.2) is 95.2 Å². The van der Waals surface area contributed by atoms with Crippen LogP contribution >= 0.6 is 0 Å². The predicted octanol–water partition coefficient (Wildman–Crippen LogP) is 6.19. The Morgan fingerprint density at radius 2 is 1.20 bits per heavy atom. The topological polar surface area (TPSA) is 170 Å². The second-order valence-electron chi connectivity index (χ2n) is 14.3. The van der Waals surface area contributed by atoms with Gasteiger partial charge in [0.15, 0.2) is 23.0 Å². The second kappa shape index (κ2) is 17.2. The molecule has 4 aliphatic rings. The van der Waals surface area contributed by atoms with Crippen LogP contribution in [0.1, 0.15) is 51.1 Å². The lowest BCUT2D eigenvalue weighted by molar-refractivity contribution is -0.118. The minimum Gasteiger partial charge on any atom is -0.497 e. The molecule has 0 radical (unpaired) electrons. The third-order valence-corrected chi connectivity index (χ3v) is 10.6. The Bertz CT molecular complexity index is 2460. The third-order valence-electron chi connectivity index (χ3n) is 10.6. The smallest absolute Gasteiger partial charge is 0.260 e. The Morgan fingerprint density at radius 3 is 1.67 bits per heavy atom. The number of ether oxygens (including phenoxy) is 5. The zero-order chi connectivity index (χ0) is 41.8. The Morgan fingerprint density at radius 1 is 0.700 bits per heavy atom. The van der Waals surface area contributed by atoms with E-state index in [9.17, 15) is 19.2 Å². The number of amides is 4. The summed E-state index contributed by atoms with van der Waals surface area (Å²) in [5.41, 5.74) is 6.27. The van der Waals surface area contributed by atoms with E-state index < -0.39 is 0 Å². The molecule has 4 aliphatic heterocycles. The number of anilines is 1. The van der Waals surface area contributed by atoms with E-state index in [4.69, 9.17) is 28.7 Å². The molecule has 0 aliphatic carbocycles. The first kappa shape index (κ1) is 39.4. The molecular formula is C45H42N6O9. The van der Waals surface area contributed by atoms with Crippen molar-refractivity contribution in [2.75, 3.05) is 46.4 Å². The summed E-state index contributed by atoms with van der Waals surface area (Å²) in [6.07, 6.45) is 9.43. The van der Waals surface area contributed by atoms with E-state index in [1.807, 2.05) is 48.8 Å². The molecule has 0 fully saturated rings. The SMILES string of the molecule is COc1ccc(C2=CN3C(=O)c4cc(OC)c(OCCCOc5cc6c(cc5OC)C(=O)N5C=C(c7ccc(NC(=O)CNC=O)cc7)CC5C=N6)cc4N=CC3C2)cc1. The van der Waals surface area contributed by atoms with Gasteiger partial charge in [-0.05, 0) is 58.7 Å². The summed E-state index contributed by atoms with van der Waals surface area (Å²) in [5.74, 6) is 1.74. The Balaban J connectivity index is 0.884. The van der Waals surface area contributed by atoms with Crippen molar-refractivity contribution < 1.29 is 42.9 Å². The van der Waals surface area contributed by atoms with Gasteiger partial charge in [-0.25, -0.2) is 0 Å². The van der Waals surface area contributed by atoms with Crippen molar-refractivity contribution in [3.63, 3.8) is 0 Å². The van der Waals surface area contributed by atoms with E-state index in [0.717, 1.165) is 28.0 Å². The first-order valence-corrected chi connectivity index (χ1v) is 19.3. The first-order chi connectivity index (χ1) is 29.3. The summed E-state index contributed by atoms with van der Waals surface area (Å²) in [4.78, 5) is 62.8. The zero-order valence-corrected chi connectivity index (χ0v) is 33.2. The lowest BCUT2D eigenvalue weighted by Crippen LogP contribution is -2.32. The number of aliphatic imine (C=N–C) groups is 2. The van der Waals surface area contributed by atoms with Gasteiger partial charge in [-0.1, -0.05) is 24.3 Å². The predicted molar refractivity (Wildman–Crippen MR) is 225 cm³/mol. The van der Waals surface area contributed by atoms with Gasteiger partial charge in [0, 0.05) is 61.9 Å². The molecule has 306 valence electrons. The number of hydrogen-bond acceptors (Lipinski definition) is 11. The van der Waals surface area contributed by atoms with E-state index >= 15 is 0 Å². The van der Waals surface area contributed by atoms with Crippen molar-refractivity contribution in [3.05, 3.63) is 107 Å². The van der Waals surface area contributed by atoms with Crippen LogP contribution in [0.2, 0.25) is 0 Å². The van der Waals surface area contributed by atoms with E-state index in [-0.39, 0.29) is 49.6 Å².